The molecule has 0 spiro atoms. The highest BCUT2D eigenvalue weighted by molar-refractivity contribution is 5.56. The highest BCUT2D eigenvalue weighted by Gasteiger charge is 2.22. The number of hydrogen-bond donors (Lipinski definition) is 1. The van der Waals surface area contributed by atoms with Crippen LogP contribution in [0, 0.1) is 0 Å². The number of rotatable bonds is 2. The second-order valence-corrected chi connectivity index (χ2v) is 5.30. The van der Waals surface area contributed by atoms with Gasteiger partial charge in [0.05, 0.1) is 6.54 Å². The van der Waals surface area contributed by atoms with Crippen LogP contribution in [-0.2, 0) is 6.54 Å². The Balaban J connectivity index is 1.63. The SMILES string of the molecule is c1ccc(-c2nc3n(n2)CC(c2ccccc2)CN3)cc1. The van der Waals surface area contributed by atoms with Gasteiger partial charge in [-0.15, -0.1) is 5.10 Å². The number of aromatic nitrogens is 3. The van der Waals surface area contributed by atoms with Crippen LogP contribution in [0.3, 0.4) is 0 Å². The van der Waals surface area contributed by atoms with Gasteiger partial charge in [-0.3, -0.25) is 0 Å². The predicted molar refractivity (Wildman–Crippen MR) is 83.1 cm³/mol. The number of fused-ring (bicyclic) bond motifs is 1. The Kier molecular flexibility index (Phi) is 2.92. The second kappa shape index (κ2) is 5.05. The predicted octanol–water partition coefficient (Wildman–Crippen LogP) is 3.15. The summed E-state index contributed by atoms with van der Waals surface area (Å²) in [6.45, 7) is 1.77. The molecule has 104 valence electrons. The molecule has 1 aliphatic heterocycles. The van der Waals surface area contributed by atoms with Crippen molar-refractivity contribution in [1.29, 1.82) is 0 Å². The van der Waals surface area contributed by atoms with Gasteiger partial charge in [0.1, 0.15) is 0 Å². The fraction of sp³-hybridized carbons (Fsp3) is 0.176. The lowest BCUT2D eigenvalue weighted by molar-refractivity contribution is 0.504. The average Bonchev–Trinajstić information content (AvgIpc) is 2.99. The lowest BCUT2D eigenvalue weighted by atomic mass is 9.98. The third-order valence-corrected chi connectivity index (χ3v) is 3.87. The molecule has 0 saturated heterocycles. The van der Waals surface area contributed by atoms with Gasteiger partial charge < -0.3 is 5.32 Å². The monoisotopic (exact) mass is 276 g/mol. The molecule has 2 aromatic carbocycles. The quantitative estimate of drug-likeness (QED) is 0.782. The van der Waals surface area contributed by atoms with Gasteiger partial charge in [0.2, 0.25) is 5.95 Å². The van der Waals surface area contributed by atoms with E-state index in [1.54, 1.807) is 0 Å². The largest absolute Gasteiger partial charge is 0.354 e. The van der Waals surface area contributed by atoms with Crippen molar-refractivity contribution >= 4 is 5.95 Å². The number of anilines is 1. The molecule has 4 heteroatoms. The smallest absolute Gasteiger partial charge is 0.221 e. The van der Waals surface area contributed by atoms with Crippen LogP contribution >= 0.6 is 0 Å². The van der Waals surface area contributed by atoms with Crippen LogP contribution in [-0.4, -0.2) is 21.3 Å². The molecule has 0 amide bonds. The molecule has 1 unspecified atom stereocenters. The molecule has 3 aromatic rings. The summed E-state index contributed by atoms with van der Waals surface area (Å²) in [4.78, 5) is 4.59. The third kappa shape index (κ3) is 2.29. The van der Waals surface area contributed by atoms with E-state index in [-0.39, 0.29) is 0 Å². The van der Waals surface area contributed by atoms with E-state index in [1.807, 2.05) is 41.1 Å². The fourth-order valence-corrected chi connectivity index (χ4v) is 2.75. The first-order valence-electron chi connectivity index (χ1n) is 7.19. The van der Waals surface area contributed by atoms with Crippen molar-refractivity contribution in [3.05, 3.63) is 66.2 Å². The Labute approximate surface area is 123 Å². The zero-order chi connectivity index (χ0) is 14.1. The number of nitrogens with zero attached hydrogens (tertiary/aromatic N) is 3. The van der Waals surface area contributed by atoms with Crippen LogP contribution in [0.1, 0.15) is 11.5 Å². The fourth-order valence-electron chi connectivity index (χ4n) is 2.75. The Morgan fingerprint density at radius 1 is 0.952 bits per heavy atom. The first kappa shape index (κ1) is 12.1. The topological polar surface area (TPSA) is 42.7 Å². The van der Waals surface area contributed by atoms with Crippen molar-refractivity contribution in [2.45, 2.75) is 12.5 Å². The Bertz CT molecular complexity index is 734. The van der Waals surface area contributed by atoms with E-state index in [9.17, 15) is 0 Å². The second-order valence-electron chi connectivity index (χ2n) is 5.30. The molecule has 0 radical (unpaired) electrons. The van der Waals surface area contributed by atoms with Gasteiger partial charge in [-0.25, -0.2) is 4.68 Å². The molecule has 1 N–H and O–H groups in total. The minimum atomic E-state index is 0.434. The summed E-state index contributed by atoms with van der Waals surface area (Å²) in [7, 11) is 0. The van der Waals surface area contributed by atoms with Gasteiger partial charge in [0.15, 0.2) is 5.82 Å². The average molecular weight is 276 g/mol. The van der Waals surface area contributed by atoms with Crippen molar-refractivity contribution in [2.24, 2.45) is 0 Å². The summed E-state index contributed by atoms with van der Waals surface area (Å²) in [6, 6.07) is 20.7. The van der Waals surface area contributed by atoms with Crippen LogP contribution in [0.25, 0.3) is 11.4 Å². The summed E-state index contributed by atoms with van der Waals surface area (Å²) in [5.74, 6) is 2.08. The molecule has 4 rings (SSSR count). The van der Waals surface area contributed by atoms with E-state index in [0.717, 1.165) is 30.4 Å². The maximum atomic E-state index is 4.64. The molecule has 21 heavy (non-hydrogen) atoms. The highest BCUT2D eigenvalue weighted by Crippen LogP contribution is 2.26. The molecule has 0 aliphatic carbocycles. The van der Waals surface area contributed by atoms with Gasteiger partial charge in [-0.2, -0.15) is 4.98 Å². The summed E-state index contributed by atoms with van der Waals surface area (Å²) in [5, 5.41) is 8.03. The molecular formula is C17H16N4. The summed E-state index contributed by atoms with van der Waals surface area (Å²) in [6.07, 6.45) is 0. The van der Waals surface area contributed by atoms with Crippen molar-refractivity contribution in [1.82, 2.24) is 14.8 Å². The van der Waals surface area contributed by atoms with E-state index >= 15 is 0 Å². The van der Waals surface area contributed by atoms with Gasteiger partial charge in [-0.1, -0.05) is 60.7 Å². The van der Waals surface area contributed by atoms with Gasteiger partial charge >= 0.3 is 0 Å². The first-order chi connectivity index (χ1) is 10.4. The molecular weight excluding hydrogens is 260 g/mol. The zero-order valence-corrected chi connectivity index (χ0v) is 11.6. The molecule has 4 nitrogen and oxygen atoms in total. The highest BCUT2D eigenvalue weighted by atomic mass is 15.4. The first-order valence-corrected chi connectivity index (χ1v) is 7.19. The number of nitrogens with one attached hydrogen (secondary N) is 1. The summed E-state index contributed by atoms with van der Waals surface area (Å²) in [5.41, 5.74) is 2.39. The third-order valence-electron chi connectivity index (χ3n) is 3.87. The van der Waals surface area contributed by atoms with Crippen molar-refractivity contribution in [3.63, 3.8) is 0 Å². The van der Waals surface area contributed by atoms with Gasteiger partial charge in [-0.05, 0) is 5.56 Å². The molecule has 0 bridgehead atoms. The van der Waals surface area contributed by atoms with Crippen LogP contribution in [0.5, 0.6) is 0 Å². The maximum absolute atomic E-state index is 4.64. The van der Waals surface area contributed by atoms with Crippen molar-refractivity contribution in [3.8, 4) is 11.4 Å². The number of hydrogen-bond acceptors (Lipinski definition) is 3. The molecule has 0 fully saturated rings. The normalized spacial score (nSPS) is 17.0. The maximum Gasteiger partial charge on any atom is 0.221 e. The lowest BCUT2D eigenvalue weighted by Gasteiger charge is -2.23. The van der Waals surface area contributed by atoms with E-state index in [0.29, 0.717) is 5.92 Å². The minimum Gasteiger partial charge on any atom is -0.354 e. The van der Waals surface area contributed by atoms with E-state index in [4.69, 9.17) is 0 Å². The van der Waals surface area contributed by atoms with E-state index < -0.39 is 0 Å². The Morgan fingerprint density at radius 2 is 1.67 bits per heavy atom. The molecule has 0 saturated carbocycles. The summed E-state index contributed by atoms with van der Waals surface area (Å²) < 4.78 is 1.98. The zero-order valence-electron chi connectivity index (χ0n) is 11.6. The standard InChI is InChI=1S/C17H16N4/c1-3-7-13(8-4-1)15-11-18-17-19-16(20-21(17)12-15)14-9-5-2-6-10-14/h1-10,15H,11-12H2,(H,18,19,20). The minimum absolute atomic E-state index is 0.434. The molecule has 1 atom stereocenters. The van der Waals surface area contributed by atoms with Gasteiger partial charge in [0, 0.05) is 18.0 Å². The molecule has 2 heterocycles. The van der Waals surface area contributed by atoms with Crippen molar-refractivity contribution < 1.29 is 0 Å². The van der Waals surface area contributed by atoms with Crippen LogP contribution in [0.15, 0.2) is 60.7 Å². The lowest BCUT2D eigenvalue weighted by Crippen LogP contribution is -2.26. The molecule has 1 aliphatic rings. The van der Waals surface area contributed by atoms with Crippen LogP contribution < -0.4 is 5.32 Å². The summed E-state index contributed by atoms with van der Waals surface area (Å²) >= 11 is 0. The Hall–Kier alpha value is -2.62. The van der Waals surface area contributed by atoms with Gasteiger partial charge in [0.25, 0.3) is 0 Å². The van der Waals surface area contributed by atoms with E-state index in [2.05, 4.69) is 39.7 Å². The van der Waals surface area contributed by atoms with E-state index in [1.165, 1.54) is 5.56 Å². The van der Waals surface area contributed by atoms with Crippen LogP contribution in [0.2, 0.25) is 0 Å². The van der Waals surface area contributed by atoms with Crippen molar-refractivity contribution in [2.75, 3.05) is 11.9 Å². The van der Waals surface area contributed by atoms with Crippen LogP contribution in [0.4, 0.5) is 5.95 Å². The number of benzene rings is 2. The Morgan fingerprint density at radius 3 is 2.43 bits per heavy atom. The molecule has 1 aromatic heterocycles.